The van der Waals surface area contributed by atoms with Gasteiger partial charge in [-0.15, -0.1) is 0 Å². The molecule has 2 amide bonds. The summed E-state index contributed by atoms with van der Waals surface area (Å²) in [6, 6.07) is 9.83. The van der Waals surface area contributed by atoms with Crippen LogP contribution in [0.15, 0.2) is 30.3 Å². The highest BCUT2D eigenvalue weighted by molar-refractivity contribution is 5.92. The lowest BCUT2D eigenvalue weighted by molar-refractivity contribution is -0.162. The van der Waals surface area contributed by atoms with Crippen molar-refractivity contribution in [1.29, 1.82) is 0 Å². The largest absolute Gasteiger partial charge is 0.340 e. The maximum atomic E-state index is 12.7. The number of nitrogens with zero attached hydrogens (tertiary/aromatic N) is 2. The van der Waals surface area contributed by atoms with E-state index in [0.717, 1.165) is 37.9 Å². The molecule has 0 aromatic heterocycles. The van der Waals surface area contributed by atoms with Gasteiger partial charge in [0.05, 0.1) is 6.54 Å². The second-order valence-electron chi connectivity index (χ2n) is 6.63. The van der Waals surface area contributed by atoms with Crippen LogP contribution in [0.1, 0.15) is 24.8 Å². The Bertz CT molecular complexity index is 615. The van der Waals surface area contributed by atoms with Crippen molar-refractivity contribution >= 4 is 11.8 Å². The molecule has 6 nitrogen and oxygen atoms in total. The minimum Gasteiger partial charge on any atom is -0.340 e. The maximum Gasteiger partial charge on any atom is 0.255 e. The molecule has 1 aromatic rings. The molecule has 3 aliphatic heterocycles. The van der Waals surface area contributed by atoms with E-state index in [-0.39, 0.29) is 11.8 Å². The van der Waals surface area contributed by atoms with Gasteiger partial charge in [0.1, 0.15) is 0 Å². The summed E-state index contributed by atoms with van der Waals surface area (Å²) in [7, 11) is 0. The summed E-state index contributed by atoms with van der Waals surface area (Å²) in [5.41, 5.74) is 1.06. The van der Waals surface area contributed by atoms with Crippen molar-refractivity contribution in [2.75, 3.05) is 19.6 Å². The SMILES string of the molecule is O=C([C@H]1O[C@H]2CN(Cc3ccccc3)C(=O)[C@@H]1O2)N1CCCCC1. The molecule has 3 heterocycles. The van der Waals surface area contributed by atoms with Crippen molar-refractivity contribution < 1.29 is 19.1 Å². The number of ether oxygens (including phenoxy) is 2. The molecular formula is C18H22N2O4. The van der Waals surface area contributed by atoms with Gasteiger partial charge in [0.15, 0.2) is 18.5 Å². The standard InChI is InChI=1S/C18H22N2O4/c21-17(19-9-5-2-6-10-19)15-16-18(22)20(12-14(23-15)24-16)11-13-7-3-1-4-8-13/h1,3-4,7-8,14-16H,2,5-6,9-12H2/t14-,15+,16-/m1/s1. The number of likely N-dealkylation sites (tertiary alicyclic amines) is 1. The smallest absolute Gasteiger partial charge is 0.255 e. The van der Waals surface area contributed by atoms with E-state index in [2.05, 4.69) is 0 Å². The van der Waals surface area contributed by atoms with Crippen LogP contribution in [0.25, 0.3) is 0 Å². The van der Waals surface area contributed by atoms with Gasteiger partial charge in [-0.05, 0) is 24.8 Å². The zero-order valence-electron chi connectivity index (χ0n) is 13.6. The minimum absolute atomic E-state index is 0.0999. The van der Waals surface area contributed by atoms with E-state index in [0.29, 0.717) is 13.1 Å². The van der Waals surface area contributed by atoms with Gasteiger partial charge in [0.2, 0.25) is 0 Å². The molecule has 0 saturated carbocycles. The molecule has 6 heteroatoms. The Morgan fingerprint density at radius 3 is 2.58 bits per heavy atom. The molecule has 2 bridgehead atoms. The normalized spacial score (nSPS) is 29.8. The third-order valence-corrected chi connectivity index (χ3v) is 4.92. The monoisotopic (exact) mass is 330 g/mol. The third-order valence-electron chi connectivity index (χ3n) is 4.92. The van der Waals surface area contributed by atoms with Crippen LogP contribution in [0, 0.1) is 0 Å². The van der Waals surface area contributed by atoms with Crippen molar-refractivity contribution in [2.45, 2.75) is 44.3 Å². The summed E-state index contributed by atoms with van der Waals surface area (Å²) in [5.74, 6) is -0.250. The summed E-state index contributed by atoms with van der Waals surface area (Å²) < 4.78 is 11.4. The zero-order valence-corrected chi connectivity index (χ0v) is 13.6. The first-order valence-electron chi connectivity index (χ1n) is 8.65. The summed E-state index contributed by atoms with van der Waals surface area (Å²) in [6.07, 6.45) is 1.09. The molecular weight excluding hydrogens is 308 g/mol. The Balaban J connectivity index is 1.46. The number of fused-ring (bicyclic) bond motifs is 2. The Hall–Kier alpha value is -1.92. The molecule has 3 saturated heterocycles. The highest BCUT2D eigenvalue weighted by Gasteiger charge is 2.52. The highest BCUT2D eigenvalue weighted by Crippen LogP contribution is 2.29. The van der Waals surface area contributed by atoms with Crippen molar-refractivity contribution in [2.24, 2.45) is 0 Å². The Labute approximate surface area is 141 Å². The maximum absolute atomic E-state index is 12.7. The predicted molar refractivity (Wildman–Crippen MR) is 85.8 cm³/mol. The number of carbonyl (C=O) groups excluding carboxylic acids is 2. The Kier molecular flexibility index (Phi) is 4.24. The second kappa shape index (κ2) is 6.53. The molecule has 24 heavy (non-hydrogen) atoms. The number of hydrogen-bond donors (Lipinski definition) is 0. The van der Waals surface area contributed by atoms with Crippen LogP contribution in [-0.2, 0) is 25.6 Å². The van der Waals surface area contributed by atoms with Gasteiger partial charge in [0.25, 0.3) is 11.8 Å². The number of amides is 2. The number of carbonyl (C=O) groups is 2. The van der Waals surface area contributed by atoms with Crippen LogP contribution in [0.5, 0.6) is 0 Å². The fourth-order valence-electron chi connectivity index (χ4n) is 3.65. The Morgan fingerprint density at radius 2 is 1.83 bits per heavy atom. The lowest BCUT2D eigenvalue weighted by Crippen LogP contribution is -2.52. The molecule has 0 aliphatic carbocycles. The van der Waals surface area contributed by atoms with Gasteiger partial charge in [-0.25, -0.2) is 0 Å². The second-order valence-corrected chi connectivity index (χ2v) is 6.63. The summed E-state index contributed by atoms with van der Waals surface area (Å²) in [6.45, 7) is 2.38. The molecule has 0 spiro atoms. The van der Waals surface area contributed by atoms with Gasteiger partial charge in [-0.3, -0.25) is 9.59 Å². The van der Waals surface area contributed by atoms with Crippen LogP contribution in [0.4, 0.5) is 0 Å². The van der Waals surface area contributed by atoms with Gasteiger partial charge >= 0.3 is 0 Å². The van der Waals surface area contributed by atoms with Crippen LogP contribution in [0.3, 0.4) is 0 Å². The number of rotatable bonds is 3. The van der Waals surface area contributed by atoms with E-state index >= 15 is 0 Å². The quantitative estimate of drug-likeness (QED) is 0.834. The van der Waals surface area contributed by atoms with Crippen molar-refractivity contribution in [3.8, 4) is 0 Å². The molecule has 3 atom stereocenters. The zero-order chi connectivity index (χ0) is 16.5. The fraction of sp³-hybridized carbons (Fsp3) is 0.556. The number of hydrogen-bond acceptors (Lipinski definition) is 4. The molecule has 4 rings (SSSR count). The summed E-state index contributed by atoms with van der Waals surface area (Å²) in [5, 5.41) is 0. The van der Waals surface area contributed by atoms with E-state index in [1.54, 1.807) is 4.90 Å². The van der Waals surface area contributed by atoms with E-state index in [1.165, 1.54) is 0 Å². The van der Waals surface area contributed by atoms with Gasteiger partial charge in [0, 0.05) is 19.6 Å². The van der Waals surface area contributed by atoms with Crippen LogP contribution < -0.4 is 0 Å². The first kappa shape index (κ1) is 15.6. The van der Waals surface area contributed by atoms with Gasteiger partial charge < -0.3 is 19.3 Å². The first-order chi connectivity index (χ1) is 11.7. The van der Waals surface area contributed by atoms with Crippen molar-refractivity contribution in [1.82, 2.24) is 9.80 Å². The van der Waals surface area contributed by atoms with Crippen molar-refractivity contribution in [3.63, 3.8) is 0 Å². The lowest BCUT2D eigenvalue weighted by atomic mass is 10.1. The number of piperidine rings is 1. The van der Waals surface area contributed by atoms with Gasteiger partial charge in [-0.2, -0.15) is 0 Å². The molecule has 0 unspecified atom stereocenters. The average molecular weight is 330 g/mol. The summed E-state index contributed by atoms with van der Waals surface area (Å²) >= 11 is 0. The predicted octanol–water partition coefficient (Wildman–Crippen LogP) is 1.15. The molecule has 0 N–H and O–H groups in total. The van der Waals surface area contributed by atoms with E-state index in [1.807, 2.05) is 35.2 Å². The van der Waals surface area contributed by atoms with E-state index < -0.39 is 18.5 Å². The molecule has 0 radical (unpaired) electrons. The topological polar surface area (TPSA) is 59.1 Å². The van der Waals surface area contributed by atoms with E-state index in [4.69, 9.17) is 9.47 Å². The molecule has 128 valence electrons. The number of morpholine rings is 1. The minimum atomic E-state index is -0.804. The molecule has 3 aliphatic rings. The summed E-state index contributed by atoms with van der Waals surface area (Å²) in [4.78, 5) is 29.0. The fourth-order valence-corrected chi connectivity index (χ4v) is 3.65. The van der Waals surface area contributed by atoms with E-state index in [9.17, 15) is 9.59 Å². The number of benzene rings is 1. The van der Waals surface area contributed by atoms with Gasteiger partial charge in [-0.1, -0.05) is 30.3 Å². The molecule has 3 fully saturated rings. The average Bonchev–Trinajstić information content (AvgIpc) is 3.00. The highest BCUT2D eigenvalue weighted by atomic mass is 16.7. The van der Waals surface area contributed by atoms with Crippen LogP contribution in [-0.4, -0.2) is 59.7 Å². The first-order valence-corrected chi connectivity index (χ1v) is 8.65. The van der Waals surface area contributed by atoms with Crippen molar-refractivity contribution in [3.05, 3.63) is 35.9 Å². The van der Waals surface area contributed by atoms with Crippen LogP contribution in [0.2, 0.25) is 0 Å². The third kappa shape index (κ3) is 2.91. The van der Waals surface area contributed by atoms with Crippen LogP contribution >= 0.6 is 0 Å². The molecule has 1 aromatic carbocycles. The lowest BCUT2D eigenvalue weighted by Gasteiger charge is -2.32. The Morgan fingerprint density at radius 1 is 1.08 bits per heavy atom.